The number of rotatable bonds is 3. The van der Waals surface area contributed by atoms with E-state index in [4.69, 9.17) is 0 Å². The molecule has 0 saturated heterocycles. The normalized spacial score (nSPS) is 10.8. The van der Waals surface area contributed by atoms with E-state index in [0.717, 1.165) is 0 Å². The Morgan fingerprint density at radius 3 is 2.42 bits per heavy atom. The van der Waals surface area contributed by atoms with E-state index in [-0.39, 0.29) is 22.8 Å². The fraction of sp³-hybridized carbons (Fsp3) is 0. The van der Waals surface area contributed by atoms with Crippen LogP contribution in [-0.2, 0) is 0 Å². The van der Waals surface area contributed by atoms with E-state index in [2.05, 4.69) is 9.97 Å². The Balaban J connectivity index is 2.16. The van der Waals surface area contributed by atoms with E-state index in [1.54, 1.807) is 60.8 Å². The highest BCUT2D eigenvalue weighted by molar-refractivity contribution is 5.80. The van der Waals surface area contributed by atoms with Crippen LogP contribution in [0, 0.1) is 10.1 Å². The maximum Gasteiger partial charge on any atom is 0.293 e. The van der Waals surface area contributed by atoms with Gasteiger partial charge in [0.15, 0.2) is 5.82 Å². The van der Waals surface area contributed by atoms with Crippen LogP contribution in [0.1, 0.15) is 0 Å². The summed E-state index contributed by atoms with van der Waals surface area (Å²) >= 11 is 0. The lowest BCUT2D eigenvalue weighted by atomic mass is 10.2. The first-order chi connectivity index (χ1) is 12.7. The van der Waals surface area contributed by atoms with Gasteiger partial charge in [-0.2, -0.15) is 0 Å². The summed E-state index contributed by atoms with van der Waals surface area (Å²) in [6.45, 7) is 0. The van der Waals surface area contributed by atoms with E-state index in [0.29, 0.717) is 16.6 Å². The Morgan fingerprint density at radius 2 is 1.65 bits per heavy atom. The molecule has 2 aromatic heterocycles. The lowest BCUT2D eigenvalue weighted by molar-refractivity contribution is -0.384. The summed E-state index contributed by atoms with van der Waals surface area (Å²) in [6, 6.07) is 18.2. The van der Waals surface area contributed by atoms with Crippen LogP contribution in [0.5, 0.6) is 0 Å². The van der Waals surface area contributed by atoms with Crippen molar-refractivity contribution in [3.8, 4) is 17.2 Å². The third-order valence-electron chi connectivity index (χ3n) is 3.99. The third kappa shape index (κ3) is 2.51. The average Bonchev–Trinajstić information content (AvgIpc) is 2.68. The standard InChI is InChI=1S/C19H12N4O3/c24-19-13-7-1-2-8-14(13)21-18(15-9-5-6-12-20-15)22(19)16-10-3-4-11-17(16)23(25)26/h1-12H. The second-order valence-corrected chi connectivity index (χ2v) is 5.55. The molecule has 0 aliphatic heterocycles. The van der Waals surface area contributed by atoms with Crippen LogP contribution in [-0.4, -0.2) is 19.5 Å². The fourth-order valence-electron chi connectivity index (χ4n) is 2.83. The van der Waals surface area contributed by atoms with Gasteiger partial charge in [-0.1, -0.05) is 30.3 Å². The highest BCUT2D eigenvalue weighted by Gasteiger charge is 2.21. The summed E-state index contributed by atoms with van der Waals surface area (Å²) in [4.78, 5) is 33.0. The van der Waals surface area contributed by atoms with Crippen LogP contribution < -0.4 is 5.56 Å². The average molecular weight is 344 g/mol. The molecule has 2 aromatic carbocycles. The summed E-state index contributed by atoms with van der Waals surface area (Å²) in [7, 11) is 0. The number of nitrogens with zero attached hydrogens (tertiary/aromatic N) is 4. The highest BCUT2D eigenvalue weighted by Crippen LogP contribution is 2.26. The van der Waals surface area contributed by atoms with Gasteiger partial charge in [0.05, 0.1) is 15.8 Å². The van der Waals surface area contributed by atoms with Crippen molar-refractivity contribution in [3.05, 3.63) is 93.4 Å². The highest BCUT2D eigenvalue weighted by atomic mass is 16.6. The number of hydrogen-bond acceptors (Lipinski definition) is 5. The van der Waals surface area contributed by atoms with Crippen molar-refractivity contribution in [2.75, 3.05) is 0 Å². The van der Waals surface area contributed by atoms with Gasteiger partial charge in [0.25, 0.3) is 11.2 Å². The minimum atomic E-state index is -0.515. The molecule has 0 fully saturated rings. The molecule has 0 atom stereocenters. The van der Waals surface area contributed by atoms with Crippen molar-refractivity contribution in [1.29, 1.82) is 0 Å². The summed E-state index contributed by atoms with van der Waals surface area (Å²) in [5.74, 6) is 0.253. The lowest BCUT2D eigenvalue weighted by Gasteiger charge is -2.13. The van der Waals surface area contributed by atoms with E-state index in [1.165, 1.54) is 16.7 Å². The molecule has 0 aliphatic carbocycles. The molecule has 0 saturated carbocycles. The monoisotopic (exact) mass is 344 g/mol. The largest absolute Gasteiger partial charge is 0.293 e. The van der Waals surface area contributed by atoms with Crippen molar-refractivity contribution < 1.29 is 4.92 Å². The predicted molar refractivity (Wildman–Crippen MR) is 97.2 cm³/mol. The molecule has 2 heterocycles. The van der Waals surface area contributed by atoms with E-state index in [1.807, 2.05) is 0 Å². The fourth-order valence-corrected chi connectivity index (χ4v) is 2.83. The first-order valence-electron chi connectivity index (χ1n) is 7.84. The van der Waals surface area contributed by atoms with Gasteiger partial charge >= 0.3 is 0 Å². The van der Waals surface area contributed by atoms with Crippen LogP contribution in [0.2, 0.25) is 0 Å². The Bertz CT molecular complexity index is 1190. The topological polar surface area (TPSA) is 90.9 Å². The van der Waals surface area contributed by atoms with Gasteiger partial charge in [-0.3, -0.25) is 24.5 Å². The SMILES string of the molecule is O=c1c2ccccc2nc(-c2ccccn2)n1-c1ccccc1[N+](=O)[O-]. The molecule has 0 spiro atoms. The molecule has 7 nitrogen and oxygen atoms in total. The molecule has 4 rings (SSSR count). The Hall–Kier alpha value is -3.87. The van der Waals surface area contributed by atoms with Gasteiger partial charge in [0.2, 0.25) is 0 Å². The number of pyridine rings is 1. The van der Waals surface area contributed by atoms with Crippen LogP contribution in [0.25, 0.3) is 28.1 Å². The summed E-state index contributed by atoms with van der Waals surface area (Å²) < 4.78 is 1.25. The smallest absolute Gasteiger partial charge is 0.268 e. The second-order valence-electron chi connectivity index (χ2n) is 5.55. The van der Waals surface area contributed by atoms with E-state index < -0.39 is 4.92 Å². The second kappa shape index (κ2) is 6.21. The van der Waals surface area contributed by atoms with Crippen LogP contribution in [0.4, 0.5) is 5.69 Å². The third-order valence-corrected chi connectivity index (χ3v) is 3.99. The van der Waals surface area contributed by atoms with Gasteiger partial charge < -0.3 is 0 Å². The Morgan fingerprint density at radius 1 is 0.923 bits per heavy atom. The van der Waals surface area contributed by atoms with Gasteiger partial charge in [-0.25, -0.2) is 4.98 Å². The van der Waals surface area contributed by atoms with Crippen molar-refractivity contribution in [3.63, 3.8) is 0 Å². The first kappa shape index (κ1) is 15.6. The maximum atomic E-state index is 13.2. The van der Waals surface area contributed by atoms with Crippen molar-refractivity contribution >= 4 is 16.6 Å². The van der Waals surface area contributed by atoms with Crippen LogP contribution in [0.15, 0.2) is 77.7 Å². The van der Waals surface area contributed by atoms with Gasteiger partial charge in [0, 0.05) is 12.3 Å². The summed E-state index contributed by atoms with van der Waals surface area (Å²) in [5, 5.41) is 11.9. The zero-order valence-corrected chi connectivity index (χ0v) is 13.4. The first-order valence-corrected chi connectivity index (χ1v) is 7.84. The zero-order valence-electron chi connectivity index (χ0n) is 13.4. The molecule has 0 unspecified atom stereocenters. The number of aromatic nitrogens is 3. The van der Waals surface area contributed by atoms with Crippen molar-refractivity contribution in [2.24, 2.45) is 0 Å². The van der Waals surface area contributed by atoms with Crippen molar-refractivity contribution in [1.82, 2.24) is 14.5 Å². The molecule has 4 aromatic rings. The molecule has 7 heteroatoms. The zero-order chi connectivity index (χ0) is 18.1. The molecule has 126 valence electrons. The summed E-state index contributed by atoms with van der Waals surface area (Å²) in [6.07, 6.45) is 1.58. The molecular weight excluding hydrogens is 332 g/mol. The quantitative estimate of drug-likeness (QED) is 0.420. The summed E-state index contributed by atoms with van der Waals surface area (Å²) in [5.41, 5.74) is 0.553. The molecule has 0 amide bonds. The Labute approximate surface area is 147 Å². The van der Waals surface area contributed by atoms with Crippen LogP contribution in [0.3, 0.4) is 0 Å². The van der Waals surface area contributed by atoms with Gasteiger partial charge in [0.1, 0.15) is 11.4 Å². The molecule has 0 radical (unpaired) electrons. The minimum absolute atomic E-state index is 0.154. The molecule has 0 aliphatic rings. The van der Waals surface area contributed by atoms with Crippen LogP contribution >= 0.6 is 0 Å². The number of nitro benzene ring substituents is 1. The molecule has 26 heavy (non-hydrogen) atoms. The van der Waals surface area contributed by atoms with Gasteiger partial charge in [-0.15, -0.1) is 0 Å². The number of para-hydroxylation sites is 3. The number of fused-ring (bicyclic) bond motifs is 1. The minimum Gasteiger partial charge on any atom is -0.268 e. The number of hydrogen-bond donors (Lipinski definition) is 0. The predicted octanol–water partition coefficient (Wildman–Crippen LogP) is 3.36. The van der Waals surface area contributed by atoms with Crippen molar-refractivity contribution in [2.45, 2.75) is 0 Å². The number of nitro groups is 1. The molecular formula is C19H12N4O3. The van der Waals surface area contributed by atoms with E-state index in [9.17, 15) is 14.9 Å². The number of benzene rings is 2. The lowest BCUT2D eigenvalue weighted by Crippen LogP contribution is -2.23. The Kier molecular flexibility index (Phi) is 3.74. The van der Waals surface area contributed by atoms with Gasteiger partial charge in [-0.05, 0) is 30.3 Å². The molecule has 0 N–H and O–H groups in total. The van der Waals surface area contributed by atoms with E-state index >= 15 is 0 Å². The molecule has 0 bridgehead atoms. The maximum absolute atomic E-state index is 13.2.